The summed E-state index contributed by atoms with van der Waals surface area (Å²) in [5.74, 6) is -0.713. The van der Waals surface area contributed by atoms with Crippen molar-refractivity contribution in [1.29, 1.82) is 0 Å². The summed E-state index contributed by atoms with van der Waals surface area (Å²) in [6.45, 7) is 6.93. The van der Waals surface area contributed by atoms with Gasteiger partial charge in [-0.05, 0) is 59.4 Å². The van der Waals surface area contributed by atoms with Crippen LogP contribution in [-0.2, 0) is 22.7 Å². The summed E-state index contributed by atoms with van der Waals surface area (Å²) in [5.41, 5.74) is 5.85. The molecule has 0 aromatic heterocycles. The van der Waals surface area contributed by atoms with Crippen LogP contribution in [0.1, 0.15) is 23.6 Å². The fourth-order valence-corrected chi connectivity index (χ4v) is 3.06. The van der Waals surface area contributed by atoms with Gasteiger partial charge in [-0.1, -0.05) is 55.1 Å². The average Bonchev–Trinajstić information content (AvgIpc) is 2.72. The Morgan fingerprint density at radius 3 is 2.24 bits per heavy atom. The van der Waals surface area contributed by atoms with Gasteiger partial charge in [0.1, 0.15) is 12.4 Å². The first kappa shape index (κ1) is 20.5. The summed E-state index contributed by atoms with van der Waals surface area (Å²) < 4.78 is 19.5. The fourth-order valence-electron chi connectivity index (χ4n) is 3.06. The number of halogens is 1. The molecule has 148 valence electrons. The zero-order chi connectivity index (χ0) is 21.0. The van der Waals surface area contributed by atoms with Crippen LogP contribution in [0, 0.1) is 12.7 Å². The fraction of sp³-hybridized carbons (Fsp3) is 0.160. The Hall–Kier alpha value is -3.24. The van der Waals surface area contributed by atoms with E-state index in [4.69, 9.17) is 4.74 Å². The zero-order valence-corrected chi connectivity index (χ0v) is 16.5. The van der Waals surface area contributed by atoms with Crippen molar-refractivity contribution in [3.63, 3.8) is 0 Å². The molecule has 0 atom stereocenters. The van der Waals surface area contributed by atoms with E-state index in [1.165, 1.54) is 6.07 Å². The van der Waals surface area contributed by atoms with Crippen LogP contribution in [-0.4, -0.2) is 11.1 Å². The number of ether oxygens (including phenoxy) is 1. The van der Waals surface area contributed by atoms with Gasteiger partial charge in [-0.15, -0.1) is 0 Å². The highest BCUT2D eigenvalue weighted by Gasteiger charge is 2.10. The van der Waals surface area contributed by atoms with Gasteiger partial charge in [0.05, 0.1) is 6.61 Å². The van der Waals surface area contributed by atoms with Crippen LogP contribution >= 0.6 is 0 Å². The smallest absolute Gasteiger partial charge is 0.333 e. The third-order valence-electron chi connectivity index (χ3n) is 4.74. The molecule has 0 aliphatic carbocycles. The minimum atomic E-state index is -0.469. The van der Waals surface area contributed by atoms with Crippen LogP contribution in [0.5, 0.6) is 0 Å². The van der Waals surface area contributed by atoms with Gasteiger partial charge in [0.25, 0.3) is 0 Å². The number of benzene rings is 3. The monoisotopic (exact) mass is 390 g/mol. The lowest BCUT2D eigenvalue weighted by atomic mass is 9.97. The molecule has 0 unspecified atom stereocenters. The quantitative estimate of drug-likeness (QED) is 0.441. The molecule has 0 heterocycles. The maximum atomic E-state index is 14.2. The third kappa shape index (κ3) is 4.79. The molecule has 0 amide bonds. The second kappa shape index (κ2) is 8.84. The Kier molecular flexibility index (Phi) is 6.25. The lowest BCUT2D eigenvalue weighted by Crippen LogP contribution is -2.06. The molecule has 0 spiro atoms. The molecule has 0 saturated carbocycles. The van der Waals surface area contributed by atoms with E-state index in [9.17, 15) is 14.3 Å². The van der Waals surface area contributed by atoms with Crippen molar-refractivity contribution >= 4 is 5.97 Å². The highest BCUT2D eigenvalue weighted by atomic mass is 19.1. The maximum absolute atomic E-state index is 14.2. The van der Waals surface area contributed by atoms with Crippen molar-refractivity contribution in [2.24, 2.45) is 0 Å². The van der Waals surface area contributed by atoms with Crippen LogP contribution in [0.25, 0.3) is 22.3 Å². The van der Waals surface area contributed by atoms with Crippen molar-refractivity contribution in [3.05, 3.63) is 95.3 Å². The minimum absolute atomic E-state index is 0.0576. The summed E-state index contributed by atoms with van der Waals surface area (Å²) in [6.07, 6.45) is 0. The first-order chi connectivity index (χ1) is 13.9. The molecular weight excluding hydrogens is 367 g/mol. The van der Waals surface area contributed by atoms with E-state index < -0.39 is 5.97 Å². The second-order valence-corrected chi connectivity index (χ2v) is 7.06. The topological polar surface area (TPSA) is 46.5 Å². The predicted octanol–water partition coefficient (Wildman–Crippen LogP) is 5.58. The average molecular weight is 390 g/mol. The molecule has 0 aliphatic rings. The Morgan fingerprint density at radius 1 is 0.966 bits per heavy atom. The van der Waals surface area contributed by atoms with Gasteiger partial charge in [0, 0.05) is 11.1 Å². The van der Waals surface area contributed by atoms with Crippen LogP contribution in [0.3, 0.4) is 0 Å². The van der Waals surface area contributed by atoms with Crippen molar-refractivity contribution in [2.45, 2.75) is 27.1 Å². The van der Waals surface area contributed by atoms with E-state index >= 15 is 0 Å². The number of carbonyl (C=O) groups excluding carboxylic acids is 1. The van der Waals surface area contributed by atoms with Crippen LogP contribution in [0.2, 0.25) is 0 Å². The van der Waals surface area contributed by atoms with E-state index in [-0.39, 0.29) is 19.0 Å². The predicted molar refractivity (Wildman–Crippen MR) is 113 cm³/mol. The molecule has 29 heavy (non-hydrogen) atoms. The number of aryl methyl sites for hydroxylation is 1. The molecule has 1 N–H and O–H groups in total. The standard InChI is InChI=1S/C25H23FO3/c1-16(2)25(28)29-15-22-13-20(9-10-21(22)14-27)18-5-7-19(8-6-18)23-11-4-17(3)12-24(23)26/h4-13,27H,1,14-15H2,2-3H3. The largest absolute Gasteiger partial charge is 0.457 e. The molecule has 0 aliphatic heterocycles. The second-order valence-electron chi connectivity index (χ2n) is 7.06. The zero-order valence-electron chi connectivity index (χ0n) is 16.5. The molecule has 0 bridgehead atoms. The van der Waals surface area contributed by atoms with Gasteiger partial charge in [0.2, 0.25) is 0 Å². The third-order valence-corrected chi connectivity index (χ3v) is 4.74. The number of aliphatic hydroxyl groups is 1. The van der Waals surface area contributed by atoms with Gasteiger partial charge in [-0.3, -0.25) is 0 Å². The Bertz CT molecular complexity index is 1050. The SMILES string of the molecule is C=C(C)C(=O)OCc1cc(-c2ccc(-c3ccc(C)cc3F)cc2)ccc1CO. The Labute approximate surface area is 170 Å². The molecule has 3 aromatic carbocycles. The number of hydrogen-bond donors (Lipinski definition) is 1. The Balaban J connectivity index is 1.87. The van der Waals surface area contributed by atoms with Gasteiger partial charge in [-0.2, -0.15) is 0 Å². The minimum Gasteiger partial charge on any atom is -0.457 e. The van der Waals surface area contributed by atoms with E-state index in [0.29, 0.717) is 16.7 Å². The van der Waals surface area contributed by atoms with Crippen molar-refractivity contribution in [1.82, 2.24) is 0 Å². The highest BCUT2D eigenvalue weighted by Crippen LogP contribution is 2.28. The summed E-state index contributed by atoms with van der Waals surface area (Å²) in [4.78, 5) is 11.7. The number of hydrogen-bond acceptors (Lipinski definition) is 3. The van der Waals surface area contributed by atoms with Crippen LogP contribution < -0.4 is 0 Å². The van der Waals surface area contributed by atoms with Gasteiger partial charge in [0.15, 0.2) is 0 Å². The van der Waals surface area contributed by atoms with Gasteiger partial charge < -0.3 is 9.84 Å². The van der Waals surface area contributed by atoms with Crippen molar-refractivity contribution in [3.8, 4) is 22.3 Å². The Morgan fingerprint density at radius 2 is 1.62 bits per heavy atom. The molecule has 0 fully saturated rings. The molecule has 3 rings (SSSR count). The number of rotatable bonds is 6. The molecule has 3 nitrogen and oxygen atoms in total. The summed E-state index contributed by atoms with van der Waals surface area (Å²) in [5, 5.41) is 9.57. The molecule has 0 radical (unpaired) electrons. The first-order valence-corrected chi connectivity index (χ1v) is 9.31. The first-order valence-electron chi connectivity index (χ1n) is 9.31. The van der Waals surface area contributed by atoms with E-state index in [2.05, 4.69) is 6.58 Å². The molecule has 3 aromatic rings. The molecular formula is C25H23FO3. The summed E-state index contributed by atoms with van der Waals surface area (Å²) in [7, 11) is 0. The van der Waals surface area contributed by atoms with Gasteiger partial charge in [-0.25, -0.2) is 9.18 Å². The van der Waals surface area contributed by atoms with Crippen LogP contribution in [0.15, 0.2) is 72.8 Å². The van der Waals surface area contributed by atoms with Gasteiger partial charge >= 0.3 is 5.97 Å². The lowest BCUT2D eigenvalue weighted by Gasteiger charge is -2.12. The molecule has 4 heteroatoms. The highest BCUT2D eigenvalue weighted by molar-refractivity contribution is 5.87. The van der Waals surface area contributed by atoms with E-state index in [1.807, 2.05) is 55.5 Å². The van der Waals surface area contributed by atoms with Crippen LogP contribution in [0.4, 0.5) is 4.39 Å². The van der Waals surface area contributed by atoms with E-state index in [0.717, 1.165) is 27.8 Å². The number of aliphatic hydroxyl groups excluding tert-OH is 1. The van der Waals surface area contributed by atoms with Crippen molar-refractivity contribution in [2.75, 3.05) is 0 Å². The number of esters is 1. The lowest BCUT2D eigenvalue weighted by molar-refractivity contribution is -0.140. The molecule has 0 saturated heterocycles. The maximum Gasteiger partial charge on any atom is 0.333 e. The number of carbonyl (C=O) groups is 1. The summed E-state index contributed by atoms with van der Waals surface area (Å²) >= 11 is 0. The van der Waals surface area contributed by atoms with E-state index in [1.54, 1.807) is 13.0 Å². The normalized spacial score (nSPS) is 10.6. The summed E-state index contributed by atoms with van der Waals surface area (Å²) in [6, 6.07) is 18.4. The van der Waals surface area contributed by atoms with Crippen molar-refractivity contribution < 1.29 is 19.0 Å².